The summed E-state index contributed by atoms with van der Waals surface area (Å²) in [7, 11) is 0. The maximum absolute atomic E-state index is 13.9. The molecule has 0 spiro atoms. The van der Waals surface area contributed by atoms with Crippen LogP contribution in [0.3, 0.4) is 0 Å². The summed E-state index contributed by atoms with van der Waals surface area (Å²) in [4.78, 5) is 4.06. The summed E-state index contributed by atoms with van der Waals surface area (Å²) in [5, 5.41) is 14.6. The zero-order valence-electron chi connectivity index (χ0n) is 11.7. The first-order valence-corrected chi connectivity index (χ1v) is 6.48. The number of amidine groups is 1. The van der Waals surface area contributed by atoms with Crippen molar-refractivity contribution < 1.29 is 9.60 Å². The van der Waals surface area contributed by atoms with Gasteiger partial charge in [-0.1, -0.05) is 17.3 Å². The van der Waals surface area contributed by atoms with E-state index in [0.29, 0.717) is 24.2 Å². The van der Waals surface area contributed by atoms with Crippen LogP contribution in [0, 0.1) is 12.7 Å². The monoisotopic (exact) mass is 288 g/mol. The second kappa shape index (κ2) is 6.81. The third-order valence-corrected chi connectivity index (χ3v) is 3.23. The van der Waals surface area contributed by atoms with Crippen molar-refractivity contribution in [3.63, 3.8) is 0 Å². The van der Waals surface area contributed by atoms with Crippen molar-refractivity contribution in [3.05, 3.63) is 64.7 Å². The molecule has 1 heterocycles. The molecule has 0 unspecified atom stereocenters. The Morgan fingerprint density at radius 2 is 2.10 bits per heavy atom. The average Bonchev–Trinajstić information content (AvgIpc) is 2.50. The average molecular weight is 288 g/mol. The predicted molar refractivity (Wildman–Crippen MR) is 78.4 cm³/mol. The van der Waals surface area contributed by atoms with Crippen LogP contribution in [0.5, 0.6) is 0 Å². The van der Waals surface area contributed by atoms with Crippen LogP contribution in [0.4, 0.5) is 4.39 Å². The van der Waals surface area contributed by atoms with Gasteiger partial charge in [0.05, 0.1) is 0 Å². The van der Waals surface area contributed by atoms with Crippen molar-refractivity contribution in [2.45, 2.75) is 20.0 Å². The summed E-state index contributed by atoms with van der Waals surface area (Å²) in [6, 6.07) is 6.42. The number of hydrogen-bond acceptors (Lipinski definition) is 4. The van der Waals surface area contributed by atoms with E-state index in [2.05, 4.69) is 15.5 Å². The normalized spacial score (nSPS) is 11.6. The highest BCUT2D eigenvalue weighted by molar-refractivity contribution is 5.97. The molecule has 0 bridgehead atoms. The predicted octanol–water partition coefficient (Wildman–Crippen LogP) is 1.91. The minimum Gasteiger partial charge on any atom is -0.409 e. The SMILES string of the molecule is Cc1ccncc1CNCc1ccc(/C(N)=N/O)cc1F. The fraction of sp³-hybridized carbons (Fsp3) is 0.200. The molecule has 4 N–H and O–H groups in total. The summed E-state index contributed by atoms with van der Waals surface area (Å²) in [5.74, 6) is -0.506. The summed E-state index contributed by atoms with van der Waals surface area (Å²) < 4.78 is 13.9. The number of benzene rings is 1. The third kappa shape index (κ3) is 3.76. The van der Waals surface area contributed by atoms with Crippen molar-refractivity contribution in [1.82, 2.24) is 10.3 Å². The first kappa shape index (κ1) is 14.9. The van der Waals surface area contributed by atoms with E-state index in [9.17, 15) is 4.39 Å². The van der Waals surface area contributed by atoms with Crippen molar-refractivity contribution in [2.24, 2.45) is 10.9 Å². The molecule has 5 nitrogen and oxygen atoms in total. The van der Waals surface area contributed by atoms with E-state index in [0.717, 1.165) is 11.1 Å². The van der Waals surface area contributed by atoms with Gasteiger partial charge in [-0.05, 0) is 30.2 Å². The third-order valence-electron chi connectivity index (χ3n) is 3.23. The lowest BCUT2D eigenvalue weighted by atomic mass is 10.1. The molecule has 0 amide bonds. The summed E-state index contributed by atoms with van der Waals surface area (Å²) in [6.45, 7) is 3.00. The molecule has 0 saturated carbocycles. The van der Waals surface area contributed by atoms with Gasteiger partial charge in [-0.3, -0.25) is 4.98 Å². The molecule has 0 aliphatic carbocycles. The van der Waals surface area contributed by atoms with Gasteiger partial charge in [-0.15, -0.1) is 0 Å². The number of nitrogens with two attached hydrogens (primary N) is 1. The zero-order valence-corrected chi connectivity index (χ0v) is 11.7. The Labute approximate surface area is 122 Å². The van der Waals surface area contributed by atoms with Gasteiger partial charge < -0.3 is 16.3 Å². The van der Waals surface area contributed by atoms with Gasteiger partial charge in [0.2, 0.25) is 0 Å². The van der Waals surface area contributed by atoms with Crippen LogP contribution in [-0.2, 0) is 13.1 Å². The number of hydrogen-bond donors (Lipinski definition) is 3. The molecule has 0 radical (unpaired) electrons. The molecule has 0 aliphatic heterocycles. The number of nitrogens with zero attached hydrogens (tertiary/aromatic N) is 2. The maximum atomic E-state index is 13.9. The van der Waals surface area contributed by atoms with Crippen molar-refractivity contribution in [1.29, 1.82) is 0 Å². The quantitative estimate of drug-likeness (QED) is 0.340. The number of halogens is 1. The number of oxime groups is 1. The first-order valence-electron chi connectivity index (χ1n) is 6.48. The minimum absolute atomic E-state index is 0.112. The number of nitrogens with one attached hydrogen (secondary N) is 1. The summed E-state index contributed by atoms with van der Waals surface area (Å²) >= 11 is 0. The van der Waals surface area contributed by atoms with E-state index in [-0.39, 0.29) is 5.84 Å². The Hall–Kier alpha value is -2.47. The second-order valence-corrected chi connectivity index (χ2v) is 4.70. The molecule has 0 fully saturated rings. The van der Waals surface area contributed by atoms with Gasteiger partial charge in [-0.2, -0.15) is 0 Å². The number of rotatable bonds is 5. The molecule has 1 aromatic carbocycles. The van der Waals surface area contributed by atoms with E-state index < -0.39 is 5.82 Å². The number of aromatic nitrogens is 1. The fourth-order valence-electron chi connectivity index (χ4n) is 1.92. The van der Waals surface area contributed by atoms with Gasteiger partial charge >= 0.3 is 0 Å². The van der Waals surface area contributed by atoms with Crippen LogP contribution in [0.2, 0.25) is 0 Å². The highest BCUT2D eigenvalue weighted by Gasteiger charge is 2.06. The zero-order chi connectivity index (χ0) is 15.2. The Morgan fingerprint density at radius 3 is 2.76 bits per heavy atom. The highest BCUT2D eigenvalue weighted by atomic mass is 19.1. The van der Waals surface area contributed by atoms with Crippen LogP contribution in [0.1, 0.15) is 22.3 Å². The van der Waals surface area contributed by atoms with E-state index >= 15 is 0 Å². The van der Waals surface area contributed by atoms with E-state index in [1.807, 2.05) is 13.0 Å². The summed E-state index contributed by atoms with van der Waals surface area (Å²) in [5.41, 5.74) is 8.50. The molecule has 1 aromatic heterocycles. The van der Waals surface area contributed by atoms with Crippen LogP contribution < -0.4 is 11.1 Å². The lowest BCUT2D eigenvalue weighted by Gasteiger charge is -2.09. The Bertz CT molecular complexity index is 658. The molecule has 0 aliphatic rings. The number of pyridine rings is 1. The summed E-state index contributed by atoms with van der Waals surface area (Å²) in [6.07, 6.45) is 3.53. The Balaban J connectivity index is 1.99. The van der Waals surface area contributed by atoms with E-state index in [4.69, 9.17) is 10.9 Å². The molecule has 2 rings (SSSR count). The standard InChI is InChI=1S/C15H17FN4O/c1-10-4-5-18-8-13(10)9-19-7-12-3-2-11(6-14(12)16)15(17)20-21/h2-6,8,19,21H,7,9H2,1H3,(H2,17,20). The minimum atomic E-state index is -0.394. The highest BCUT2D eigenvalue weighted by Crippen LogP contribution is 2.11. The van der Waals surface area contributed by atoms with Crippen LogP contribution in [-0.4, -0.2) is 16.0 Å². The van der Waals surface area contributed by atoms with Gasteiger partial charge in [0.1, 0.15) is 5.82 Å². The van der Waals surface area contributed by atoms with Gasteiger partial charge in [0.15, 0.2) is 5.84 Å². The molecule has 0 saturated heterocycles. The molecule has 110 valence electrons. The lowest BCUT2D eigenvalue weighted by Crippen LogP contribution is -2.16. The van der Waals surface area contributed by atoms with Crippen LogP contribution in [0.25, 0.3) is 0 Å². The van der Waals surface area contributed by atoms with Crippen molar-refractivity contribution >= 4 is 5.84 Å². The van der Waals surface area contributed by atoms with Crippen molar-refractivity contribution in [2.75, 3.05) is 0 Å². The van der Waals surface area contributed by atoms with Gasteiger partial charge in [0, 0.05) is 36.6 Å². The second-order valence-electron chi connectivity index (χ2n) is 4.70. The Kier molecular flexibility index (Phi) is 4.84. The largest absolute Gasteiger partial charge is 0.409 e. The molecule has 2 aromatic rings. The van der Waals surface area contributed by atoms with Crippen LogP contribution in [0.15, 0.2) is 41.8 Å². The maximum Gasteiger partial charge on any atom is 0.170 e. The van der Waals surface area contributed by atoms with Crippen LogP contribution >= 0.6 is 0 Å². The molecule has 21 heavy (non-hydrogen) atoms. The van der Waals surface area contributed by atoms with Crippen molar-refractivity contribution in [3.8, 4) is 0 Å². The van der Waals surface area contributed by atoms with Gasteiger partial charge in [0.25, 0.3) is 0 Å². The molecule has 6 heteroatoms. The smallest absolute Gasteiger partial charge is 0.170 e. The fourth-order valence-corrected chi connectivity index (χ4v) is 1.92. The number of aryl methyl sites for hydroxylation is 1. The lowest BCUT2D eigenvalue weighted by molar-refractivity contribution is 0.318. The molecular weight excluding hydrogens is 271 g/mol. The Morgan fingerprint density at radius 1 is 1.33 bits per heavy atom. The van der Waals surface area contributed by atoms with E-state index in [1.165, 1.54) is 6.07 Å². The topological polar surface area (TPSA) is 83.5 Å². The molecular formula is C15H17FN4O. The first-order chi connectivity index (χ1) is 10.1. The van der Waals surface area contributed by atoms with E-state index in [1.54, 1.807) is 24.5 Å². The molecule has 0 atom stereocenters. The van der Waals surface area contributed by atoms with Gasteiger partial charge in [-0.25, -0.2) is 4.39 Å².